The van der Waals surface area contributed by atoms with E-state index in [1.54, 1.807) is 12.1 Å². The summed E-state index contributed by atoms with van der Waals surface area (Å²) in [7, 11) is 1.54. The van der Waals surface area contributed by atoms with E-state index in [4.69, 9.17) is 5.11 Å². The minimum Gasteiger partial charge on any atom is -0.477 e. The number of rotatable bonds is 4. The van der Waals surface area contributed by atoms with E-state index < -0.39 is 5.97 Å². The van der Waals surface area contributed by atoms with Crippen molar-refractivity contribution in [2.24, 2.45) is 0 Å². The van der Waals surface area contributed by atoms with Gasteiger partial charge < -0.3 is 15.7 Å². The third-order valence-corrected chi connectivity index (χ3v) is 2.65. The summed E-state index contributed by atoms with van der Waals surface area (Å²) in [5, 5.41) is 15.2. The monoisotopic (exact) mass is 259 g/mol. The Balaban J connectivity index is 2.44. The van der Waals surface area contributed by atoms with Gasteiger partial charge in [0.05, 0.1) is 12.1 Å². The van der Waals surface area contributed by atoms with E-state index in [-0.39, 0.29) is 18.1 Å². The summed E-state index contributed by atoms with van der Waals surface area (Å²) in [5.41, 5.74) is 1.09. The minimum atomic E-state index is -1.10. The number of aromatic carboxylic acids is 1. The maximum atomic E-state index is 11.2. The second-order valence-corrected chi connectivity index (χ2v) is 3.90. The number of pyridine rings is 1. The lowest BCUT2D eigenvalue weighted by Gasteiger charge is -2.10. The molecule has 0 saturated carbocycles. The van der Waals surface area contributed by atoms with Crippen molar-refractivity contribution < 1.29 is 14.7 Å². The van der Waals surface area contributed by atoms with Gasteiger partial charge in [0.2, 0.25) is 5.91 Å². The predicted octanol–water partition coefficient (Wildman–Crippen LogP) is 1.09. The summed E-state index contributed by atoms with van der Waals surface area (Å²) in [5.74, 6) is -1.29. The van der Waals surface area contributed by atoms with Crippen molar-refractivity contribution in [2.45, 2.75) is 0 Å². The molecule has 1 aromatic heterocycles. The highest BCUT2D eigenvalue weighted by atomic mass is 16.4. The lowest BCUT2D eigenvalue weighted by molar-refractivity contribution is -0.118. The molecular weight excluding hydrogens is 246 g/mol. The van der Waals surface area contributed by atoms with Crippen LogP contribution in [-0.4, -0.2) is 35.6 Å². The molecule has 0 aliphatic rings. The molecule has 1 aromatic carbocycles. The van der Waals surface area contributed by atoms with Crippen molar-refractivity contribution in [3.8, 4) is 0 Å². The number of carbonyl (C=O) groups is 2. The van der Waals surface area contributed by atoms with Crippen LogP contribution in [0.1, 0.15) is 10.5 Å². The number of aromatic nitrogens is 1. The number of carbonyl (C=O) groups excluding carboxylic acids is 1. The van der Waals surface area contributed by atoms with Crippen LogP contribution >= 0.6 is 0 Å². The standard InChI is InChI=1S/C13H13N3O3/c1-14-12(17)7-15-10-6-11(13(18)19)16-9-5-3-2-4-8(9)10/h2-6H,7H2,1H3,(H,14,17)(H,15,16)(H,18,19). The number of carboxylic acid groups (broad SMARTS) is 1. The Morgan fingerprint density at radius 2 is 2.05 bits per heavy atom. The molecule has 3 N–H and O–H groups in total. The molecule has 0 saturated heterocycles. The molecule has 19 heavy (non-hydrogen) atoms. The molecule has 0 unspecified atom stereocenters. The number of nitrogens with one attached hydrogen (secondary N) is 2. The number of anilines is 1. The van der Waals surface area contributed by atoms with Gasteiger partial charge in [-0.2, -0.15) is 0 Å². The van der Waals surface area contributed by atoms with Crippen molar-refractivity contribution in [2.75, 3.05) is 18.9 Å². The summed E-state index contributed by atoms with van der Waals surface area (Å²) in [6.07, 6.45) is 0. The molecule has 6 heteroatoms. The quantitative estimate of drug-likeness (QED) is 0.764. The highest BCUT2D eigenvalue weighted by Gasteiger charge is 2.11. The maximum Gasteiger partial charge on any atom is 0.354 e. The van der Waals surface area contributed by atoms with Crippen LogP contribution in [0.5, 0.6) is 0 Å². The lowest BCUT2D eigenvalue weighted by Crippen LogP contribution is -2.26. The first-order valence-electron chi connectivity index (χ1n) is 5.69. The van der Waals surface area contributed by atoms with Gasteiger partial charge in [0.1, 0.15) is 0 Å². The SMILES string of the molecule is CNC(=O)CNc1cc(C(=O)O)nc2ccccc12. The van der Waals surface area contributed by atoms with Gasteiger partial charge >= 0.3 is 5.97 Å². The van der Waals surface area contributed by atoms with Crippen molar-refractivity contribution in [1.29, 1.82) is 0 Å². The van der Waals surface area contributed by atoms with Gasteiger partial charge in [0, 0.05) is 18.1 Å². The second kappa shape index (κ2) is 5.34. The number of fused-ring (bicyclic) bond motifs is 1. The second-order valence-electron chi connectivity index (χ2n) is 3.90. The van der Waals surface area contributed by atoms with E-state index >= 15 is 0 Å². The van der Waals surface area contributed by atoms with Crippen LogP contribution in [0.2, 0.25) is 0 Å². The fraction of sp³-hybridized carbons (Fsp3) is 0.154. The molecule has 0 radical (unpaired) electrons. The topological polar surface area (TPSA) is 91.3 Å². The molecule has 0 spiro atoms. The Morgan fingerprint density at radius 1 is 1.32 bits per heavy atom. The molecule has 6 nitrogen and oxygen atoms in total. The number of benzene rings is 1. The average molecular weight is 259 g/mol. The van der Waals surface area contributed by atoms with Crippen LogP contribution in [0, 0.1) is 0 Å². The first kappa shape index (κ1) is 12.8. The summed E-state index contributed by atoms with van der Waals surface area (Å²) < 4.78 is 0. The van der Waals surface area contributed by atoms with E-state index in [0.717, 1.165) is 5.39 Å². The Bertz CT molecular complexity index is 640. The number of hydrogen-bond acceptors (Lipinski definition) is 4. The molecule has 2 aromatic rings. The Hall–Kier alpha value is -2.63. The van der Waals surface area contributed by atoms with Crippen molar-refractivity contribution in [3.63, 3.8) is 0 Å². The lowest BCUT2D eigenvalue weighted by atomic mass is 10.1. The summed E-state index contributed by atoms with van der Waals surface area (Å²) >= 11 is 0. The van der Waals surface area contributed by atoms with Gasteiger partial charge in [-0.1, -0.05) is 18.2 Å². The minimum absolute atomic E-state index is 0.0573. The summed E-state index contributed by atoms with van der Waals surface area (Å²) in [6.45, 7) is 0.0730. The van der Waals surface area contributed by atoms with E-state index in [0.29, 0.717) is 11.2 Å². The fourth-order valence-corrected chi connectivity index (χ4v) is 1.70. The normalized spacial score (nSPS) is 10.2. The number of para-hydroxylation sites is 1. The molecule has 0 bridgehead atoms. The van der Waals surface area contributed by atoms with Crippen molar-refractivity contribution in [3.05, 3.63) is 36.0 Å². The fourth-order valence-electron chi connectivity index (χ4n) is 1.70. The van der Waals surface area contributed by atoms with Gasteiger partial charge in [0.25, 0.3) is 0 Å². The third-order valence-electron chi connectivity index (χ3n) is 2.65. The molecule has 2 rings (SSSR count). The molecule has 0 aliphatic carbocycles. The Morgan fingerprint density at radius 3 is 2.74 bits per heavy atom. The highest BCUT2D eigenvalue weighted by Crippen LogP contribution is 2.22. The van der Waals surface area contributed by atoms with E-state index in [2.05, 4.69) is 15.6 Å². The molecule has 0 atom stereocenters. The van der Waals surface area contributed by atoms with Gasteiger partial charge in [0.15, 0.2) is 5.69 Å². The van der Waals surface area contributed by atoms with Crippen molar-refractivity contribution in [1.82, 2.24) is 10.3 Å². The Labute approximate surface area is 109 Å². The van der Waals surface area contributed by atoms with Gasteiger partial charge in [-0.05, 0) is 12.1 Å². The first-order valence-corrected chi connectivity index (χ1v) is 5.69. The van der Waals surface area contributed by atoms with Crippen LogP contribution in [-0.2, 0) is 4.79 Å². The maximum absolute atomic E-state index is 11.2. The first-order chi connectivity index (χ1) is 9.11. The zero-order valence-corrected chi connectivity index (χ0v) is 10.3. The van der Waals surface area contributed by atoms with Crippen LogP contribution < -0.4 is 10.6 Å². The van der Waals surface area contributed by atoms with Crippen molar-refractivity contribution >= 4 is 28.5 Å². The smallest absolute Gasteiger partial charge is 0.354 e. The van der Waals surface area contributed by atoms with Crippen LogP contribution in [0.4, 0.5) is 5.69 Å². The predicted molar refractivity (Wildman–Crippen MR) is 71.3 cm³/mol. The van der Waals surface area contributed by atoms with Crippen LogP contribution in [0.15, 0.2) is 30.3 Å². The van der Waals surface area contributed by atoms with E-state index in [1.807, 2.05) is 12.1 Å². The van der Waals surface area contributed by atoms with Gasteiger partial charge in [-0.15, -0.1) is 0 Å². The highest BCUT2D eigenvalue weighted by molar-refractivity contribution is 5.97. The molecule has 1 amide bonds. The summed E-state index contributed by atoms with van der Waals surface area (Å²) in [4.78, 5) is 26.3. The van der Waals surface area contributed by atoms with Crippen LogP contribution in [0.3, 0.4) is 0 Å². The average Bonchev–Trinajstić information content (AvgIpc) is 2.43. The largest absolute Gasteiger partial charge is 0.477 e. The van der Waals surface area contributed by atoms with E-state index in [9.17, 15) is 9.59 Å². The number of carboxylic acids is 1. The molecule has 98 valence electrons. The third kappa shape index (κ3) is 2.79. The number of nitrogens with zero attached hydrogens (tertiary/aromatic N) is 1. The number of likely N-dealkylation sites (N-methyl/N-ethyl adjacent to an activating group) is 1. The number of amides is 1. The zero-order valence-electron chi connectivity index (χ0n) is 10.3. The zero-order chi connectivity index (χ0) is 13.8. The van der Waals surface area contributed by atoms with E-state index in [1.165, 1.54) is 13.1 Å². The molecular formula is C13H13N3O3. The van der Waals surface area contributed by atoms with Gasteiger partial charge in [-0.3, -0.25) is 4.79 Å². The molecule has 1 heterocycles. The molecule has 0 fully saturated rings. The van der Waals surface area contributed by atoms with Crippen LogP contribution in [0.25, 0.3) is 10.9 Å². The summed E-state index contributed by atoms with van der Waals surface area (Å²) in [6, 6.07) is 8.58. The Kier molecular flexibility index (Phi) is 3.61. The van der Waals surface area contributed by atoms with Gasteiger partial charge in [-0.25, -0.2) is 9.78 Å². The number of hydrogen-bond donors (Lipinski definition) is 3. The molecule has 0 aliphatic heterocycles.